The fourth-order valence-corrected chi connectivity index (χ4v) is 4.37. The number of carbonyl (C=O) groups excluding carboxylic acids is 2. The van der Waals surface area contributed by atoms with Crippen LogP contribution in [0.3, 0.4) is 0 Å². The number of Topliss-reactive ketones (excluding diaryl/α,β-unsaturated/α-hetero) is 1. The summed E-state index contributed by atoms with van der Waals surface area (Å²) in [7, 11) is -2.11. The highest BCUT2D eigenvalue weighted by atomic mass is 32.2. The Balaban J connectivity index is 1.71. The molecule has 0 bridgehead atoms. The van der Waals surface area contributed by atoms with Gasteiger partial charge in [-0.05, 0) is 54.1 Å². The first-order valence-corrected chi connectivity index (χ1v) is 12.9. The van der Waals surface area contributed by atoms with Crippen LogP contribution in [0, 0.1) is 0 Å². The number of amides is 1. The molecule has 0 saturated carbocycles. The molecule has 4 rings (SSSR count). The molecule has 0 fully saturated rings. The topological polar surface area (TPSA) is 188 Å². The van der Waals surface area contributed by atoms with Crippen LogP contribution in [0.25, 0.3) is 6.08 Å². The highest BCUT2D eigenvalue weighted by molar-refractivity contribution is 7.91. The number of anilines is 2. The zero-order valence-corrected chi connectivity index (χ0v) is 22.2. The van der Waals surface area contributed by atoms with E-state index in [0.717, 1.165) is 6.08 Å². The van der Waals surface area contributed by atoms with E-state index in [4.69, 9.17) is 9.47 Å². The summed E-state index contributed by atoms with van der Waals surface area (Å²) < 4.78 is 45.0. The number of benzene rings is 3. The van der Waals surface area contributed by atoms with Crippen LogP contribution in [-0.2, 0) is 14.9 Å². The second-order valence-electron chi connectivity index (χ2n) is 8.31. The molecule has 206 valence electrons. The standard InChI is InChI=1S/C26H23N5O8S/c1-14(32)27-17-6-9-19-15(10-17)11-24(40(35,36)37)25(26(19)34)31-30-21-13-22(38-2)20(12-23(21)39-3)29-28-16-4-7-18(33)8-5-16/h4-13,30,33H,1-3H3,(H,27,32)(H,35,36,37)/b29-28+,31-25-. The van der Waals surface area contributed by atoms with Crippen LogP contribution in [0.15, 0.2) is 74.8 Å². The zero-order chi connectivity index (χ0) is 29.0. The molecule has 0 spiro atoms. The van der Waals surface area contributed by atoms with Crippen molar-refractivity contribution in [3.63, 3.8) is 0 Å². The van der Waals surface area contributed by atoms with Crippen molar-refractivity contribution in [3.8, 4) is 17.2 Å². The number of nitrogens with zero attached hydrogens (tertiary/aromatic N) is 3. The molecule has 0 heterocycles. The van der Waals surface area contributed by atoms with Gasteiger partial charge in [-0.2, -0.15) is 18.6 Å². The molecule has 4 N–H and O–H groups in total. The van der Waals surface area contributed by atoms with E-state index < -0.39 is 26.5 Å². The molecule has 3 aromatic rings. The fourth-order valence-electron chi connectivity index (χ4n) is 3.72. The van der Waals surface area contributed by atoms with Crippen LogP contribution in [0.2, 0.25) is 0 Å². The lowest BCUT2D eigenvalue weighted by Crippen LogP contribution is -2.27. The Bertz CT molecular complexity index is 1700. The Morgan fingerprint density at radius 1 is 0.950 bits per heavy atom. The van der Waals surface area contributed by atoms with Crippen LogP contribution in [0.1, 0.15) is 22.8 Å². The van der Waals surface area contributed by atoms with Crippen molar-refractivity contribution in [3.05, 3.63) is 70.6 Å². The average Bonchev–Trinajstić information content (AvgIpc) is 2.91. The maximum absolute atomic E-state index is 13.2. The lowest BCUT2D eigenvalue weighted by Gasteiger charge is -2.18. The average molecular weight is 566 g/mol. The molecule has 1 aliphatic carbocycles. The second-order valence-corrected chi connectivity index (χ2v) is 9.70. The summed E-state index contributed by atoms with van der Waals surface area (Å²) in [5.41, 5.74) is 3.59. The lowest BCUT2D eigenvalue weighted by molar-refractivity contribution is -0.114. The third-order valence-electron chi connectivity index (χ3n) is 5.54. The number of hydrogen-bond acceptors (Lipinski definition) is 11. The van der Waals surface area contributed by atoms with E-state index in [0.29, 0.717) is 11.4 Å². The summed E-state index contributed by atoms with van der Waals surface area (Å²) >= 11 is 0. The SMILES string of the molecule is COc1cc(N/N=C2\C(=O)c3ccc(NC(C)=O)cc3C=C2S(=O)(=O)O)c(OC)cc1/N=N/c1ccc(O)cc1. The van der Waals surface area contributed by atoms with Crippen LogP contribution in [0.5, 0.6) is 17.2 Å². The molecule has 1 aliphatic rings. The van der Waals surface area contributed by atoms with Crippen molar-refractivity contribution in [1.29, 1.82) is 0 Å². The Morgan fingerprint density at radius 2 is 1.65 bits per heavy atom. The Labute approximate surface area is 228 Å². The van der Waals surface area contributed by atoms with Crippen LogP contribution in [0.4, 0.5) is 22.7 Å². The first kappa shape index (κ1) is 27.9. The fraction of sp³-hybridized carbons (Fsp3) is 0.115. The molecule has 40 heavy (non-hydrogen) atoms. The lowest BCUT2D eigenvalue weighted by atomic mass is 9.94. The van der Waals surface area contributed by atoms with Gasteiger partial charge in [-0.25, -0.2) is 0 Å². The second kappa shape index (κ2) is 11.3. The summed E-state index contributed by atoms with van der Waals surface area (Å²) in [5, 5.41) is 24.2. The molecule has 0 saturated heterocycles. The number of methoxy groups -OCH3 is 2. The first-order chi connectivity index (χ1) is 19.0. The quantitative estimate of drug-likeness (QED) is 0.171. The largest absolute Gasteiger partial charge is 0.508 e. The van der Waals surface area contributed by atoms with Gasteiger partial charge in [-0.15, -0.1) is 5.11 Å². The van der Waals surface area contributed by atoms with Gasteiger partial charge in [0.1, 0.15) is 33.5 Å². The maximum atomic E-state index is 13.2. The molecule has 0 unspecified atom stereocenters. The van der Waals surface area contributed by atoms with Crippen molar-refractivity contribution >= 4 is 56.3 Å². The van der Waals surface area contributed by atoms with E-state index >= 15 is 0 Å². The van der Waals surface area contributed by atoms with Crippen LogP contribution < -0.4 is 20.2 Å². The number of hydrazone groups is 1. The number of rotatable bonds is 8. The van der Waals surface area contributed by atoms with E-state index in [2.05, 4.69) is 26.1 Å². The number of phenols is 1. The Morgan fingerprint density at radius 3 is 2.27 bits per heavy atom. The van der Waals surface area contributed by atoms with Gasteiger partial charge in [-0.3, -0.25) is 19.6 Å². The first-order valence-electron chi connectivity index (χ1n) is 11.5. The van der Waals surface area contributed by atoms with Gasteiger partial charge in [0, 0.05) is 30.3 Å². The number of aromatic hydroxyl groups is 1. The molecule has 0 atom stereocenters. The number of ether oxygens (including phenoxy) is 2. The number of hydrogen-bond donors (Lipinski definition) is 4. The predicted octanol–water partition coefficient (Wildman–Crippen LogP) is 4.68. The molecule has 13 nitrogen and oxygen atoms in total. The monoisotopic (exact) mass is 565 g/mol. The van der Waals surface area contributed by atoms with E-state index in [-0.39, 0.29) is 45.7 Å². The normalized spacial score (nSPS) is 14.1. The Hall–Kier alpha value is -5.08. The van der Waals surface area contributed by atoms with E-state index in [1.54, 1.807) is 12.1 Å². The highest BCUT2D eigenvalue weighted by Gasteiger charge is 2.33. The number of carbonyl (C=O) groups is 2. The molecular formula is C26H23N5O8S. The number of nitrogens with one attached hydrogen (secondary N) is 2. The van der Waals surface area contributed by atoms with Crippen LogP contribution in [-0.4, -0.2) is 49.7 Å². The summed E-state index contributed by atoms with van der Waals surface area (Å²) in [4.78, 5) is 23.9. The maximum Gasteiger partial charge on any atom is 0.296 e. The zero-order valence-electron chi connectivity index (χ0n) is 21.4. The Kier molecular flexibility index (Phi) is 7.93. The third-order valence-corrected chi connectivity index (χ3v) is 6.41. The number of ketones is 1. The predicted molar refractivity (Wildman–Crippen MR) is 147 cm³/mol. The van der Waals surface area contributed by atoms with Gasteiger partial charge in [-0.1, -0.05) is 0 Å². The van der Waals surface area contributed by atoms with Crippen molar-refractivity contribution in [2.24, 2.45) is 15.3 Å². The highest BCUT2D eigenvalue weighted by Crippen LogP contribution is 2.39. The van der Waals surface area contributed by atoms with Gasteiger partial charge in [0.2, 0.25) is 11.7 Å². The molecular weight excluding hydrogens is 542 g/mol. The molecule has 0 radical (unpaired) electrons. The van der Waals surface area contributed by atoms with E-state index in [9.17, 15) is 27.7 Å². The summed E-state index contributed by atoms with van der Waals surface area (Å²) in [6.07, 6.45) is 1.09. The van der Waals surface area contributed by atoms with Crippen molar-refractivity contribution in [1.82, 2.24) is 0 Å². The van der Waals surface area contributed by atoms with Gasteiger partial charge >= 0.3 is 0 Å². The molecule has 1 amide bonds. The number of azo groups is 1. The van der Waals surface area contributed by atoms with Gasteiger partial charge in [0.15, 0.2) is 5.71 Å². The van der Waals surface area contributed by atoms with Crippen molar-refractivity contribution in [2.75, 3.05) is 25.0 Å². The van der Waals surface area contributed by atoms with Crippen LogP contribution >= 0.6 is 0 Å². The van der Waals surface area contributed by atoms with Gasteiger partial charge in [0.05, 0.1) is 19.9 Å². The minimum absolute atomic E-state index is 0.0805. The molecule has 0 aromatic heterocycles. The minimum Gasteiger partial charge on any atom is -0.508 e. The smallest absolute Gasteiger partial charge is 0.296 e. The molecule has 3 aromatic carbocycles. The summed E-state index contributed by atoms with van der Waals surface area (Å²) in [6.45, 7) is 1.30. The van der Waals surface area contributed by atoms with Gasteiger partial charge < -0.3 is 19.9 Å². The molecule has 14 heteroatoms. The van der Waals surface area contributed by atoms with Crippen molar-refractivity contribution in [2.45, 2.75) is 6.92 Å². The number of allylic oxidation sites excluding steroid dienone is 1. The molecule has 0 aliphatic heterocycles. The van der Waals surface area contributed by atoms with E-state index in [1.807, 2.05) is 0 Å². The number of phenolic OH excluding ortho intramolecular Hbond substituents is 1. The minimum atomic E-state index is -4.88. The number of fused-ring (bicyclic) bond motifs is 1. The summed E-state index contributed by atoms with van der Waals surface area (Å²) in [5.74, 6) is -0.618. The van der Waals surface area contributed by atoms with E-state index in [1.165, 1.54) is 63.6 Å². The summed E-state index contributed by atoms with van der Waals surface area (Å²) in [6, 6.07) is 13.3. The third kappa shape index (κ3) is 6.14. The van der Waals surface area contributed by atoms with Gasteiger partial charge in [0.25, 0.3) is 10.1 Å². The van der Waals surface area contributed by atoms with Crippen molar-refractivity contribution < 1.29 is 37.1 Å².